The number of amides is 3. The van der Waals surface area contributed by atoms with Gasteiger partial charge in [-0.3, -0.25) is 25.2 Å². The highest BCUT2D eigenvalue weighted by Gasteiger charge is 2.30. The summed E-state index contributed by atoms with van der Waals surface area (Å²) < 4.78 is 50.1. The first-order valence-electron chi connectivity index (χ1n) is 7.47. The molecule has 3 N–H and O–H groups in total. The highest BCUT2D eigenvalue weighted by Crippen LogP contribution is 2.29. The van der Waals surface area contributed by atoms with Crippen LogP contribution in [-0.4, -0.2) is 24.3 Å². The molecule has 10 heteroatoms. The molecular weight excluding hydrogens is 370 g/mol. The fourth-order valence-corrected chi connectivity index (χ4v) is 1.92. The van der Waals surface area contributed by atoms with Crippen LogP contribution in [0.5, 0.6) is 0 Å². The van der Waals surface area contributed by atoms with Gasteiger partial charge >= 0.3 is 6.18 Å². The summed E-state index contributed by atoms with van der Waals surface area (Å²) in [5, 5.41) is 2.19. The van der Waals surface area contributed by atoms with Crippen LogP contribution in [-0.2, 0) is 11.0 Å². The van der Waals surface area contributed by atoms with E-state index in [4.69, 9.17) is 0 Å². The molecule has 0 spiro atoms. The molecule has 0 bridgehead atoms. The van der Waals surface area contributed by atoms with Crippen molar-refractivity contribution in [2.45, 2.75) is 6.18 Å². The van der Waals surface area contributed by atoms with Crippen LogP contribution in [0.2, 0.25) is 0 Å². The van der Waals surface area contributed by atoms with Crippen molar-refractivity contribution in [3.05, 3.63) is 71.0 Å². The molecule has 2 rings (SSSR count). The lowest BCUT2D eigenvalue weighted by atomic mass is 10.1. The van der Waals surface area contributed by atoms with E-state index >= 15 is 0 Å². The SMILES string of the molecule is O=C(CNC(=O)c1ccc(C(F)(F)F)cc1)NNC(=O)c1ccc(F)cc1. The molecule has 0 heterocycles. The summed E-state index contributed by atoms with van der Waals surface area (Å²) in [6.45, 7) is -0.524. The second-order valence-corrected chi connectivity index (χ2v) is 5.27. The molecule has 27 heavy (non-hydrogen) atoms. The van der Waals surface area contributed by atoms with Gasteiger partial charge in [0.05, 0.1) is 12.1 Å². The Morgan fingerprint density at radius 3 is 1.85 bits per heavy atom. The second kappa shape index (κ2) is 8.30. The number of hydrogen-bond acceptors (Lipinski definition) is 3. The summed E-state index contributed by atoms with van der Waals surface area (Å²) in [7, 11) is 0. The molecule has 0 fully saturated rings. The van der Waals surface area contributed by atoms with Crippen molar-refractivity contribution in [3.8, 4) is 0 Å². The molecule has 0 radical (unpaired) electrons. The zero-order chi connectivity index (χ0) is 20.0. The first-order chi connectivity index (χ1) is 12.7. The molecule has 142 valence electrons. The highest BCUT2D eigenvalue weighted by atomic mass is 19.4. The van der Waals surface area contributed by atoms with Gasteiger partial charge in [0.2, 0.25) is 0 Å². The van der Waals surface area contributed by atoms with E-state index in [2.05, 4.69) is 10.7 Å². The largest absolute Gasteiger partial charge is 0.416 e. The summed E-state index contributed by atoms with van der Waals surface area (Å²) in [6, 6.07) is 8.02. The van der Waals surface area contributed by atoms with E-state index in [1.54, 1.807) is 0 Å². The normalized spacial score (nSPS) is 10.8. The van der Waals surface area contributed by atoms with E-state index < -0.39 is 41.8 Å². The molecule has 0 unspecified atom stereocenters. The van der Waals surface area contributed by atoms with Crippen LogP contribution >= 0.6 is 0 Å². The monoisotopic (exact) mass is 383 g/mol. The topological polar surface area (TPSA) is 87.3 Å². The Labute approximate surface area is 150 Å². The third kappa shape index (κ3) is 5.80. The molecule has 2 aromatic carbocycles. The van der Waals surface area contributed by atoms with Gasteiger partial charge in [-0.1, -0.05) is 0 Å². The van der Waals surface area contributed by atoms with Gasteiger partial charge in [0.15, 0.2) is 0 Å². The first-order valence-corrected chi connectivity index (χ1v) is 7.47. The van der Waals surface area contributed by atoms with Crippen molar-refractivity contribution in [3.63, 3.8) is 0 Å². The van der Waals surface area contributed by atoms with Gasteiger partial charge in [-0.25, -0.2) is 4.39 Å². The Hall–Kier alpha value is -3.43. The number of hydrogen-bond donors (Lipinski definition) is 3. The molecule has 0 saturated heterocycles. The van der Waals surface area contributed by atoms with E-state index in [1.165, 1.54) is 12.1 Å². The quantitative estimate of drug-likeness (QED) is 0.558. The number of rotatable bonds is 4. The van der Waals surface area contributed by atoms with Crippen molar-refractivity contribution in [2.75, 3.05) is 6.54 Å². The van der Waals surface area contributed by atoms with E-state index in [0.717, 1.165) is 36.4 Å². The van der Waals surface area contributed by atoms with Crippen LogP contribution in [0, 0.1) is 5.82 Å². The average molecular weight is 383 g/mol. The van der Waals surface area contributed by atoms with Crippen LogP contribution < -0.4 is 16.2 Å². The number of alkyl halides is 3. The lowest BCUT2D eigenvalue weighted by Crippen LogP contribution is -2.46. The van der Waals surface area contributed by atoms with Crippen molar-refractivity contribution < 1.29 is 31.9 Å². The number of benzene rings is 2. The Balaban J connectivity index is 1.80. The first kappa shape index (κ1) is 19.9. The fourth-order valence-electron chi connectivity index (χ4n) is 1.92. The van der Waals surface area contributed by atoms with E-state index in [9.17, 15) is 31.9 Å². The maximum Gasteiger partial charge on any atom is 0.416 e. The van der Waals surface area contributed by atoms with Crippen LogP contribution in [0.15, 0.2) is 48.5 Å². The van der Waals surface area contributed by atoms with E-state index in [1.807, 2.05) is 5.43 Å². The zero-order valence-corrected chi connectivity index (χ0v) is 13.6. The predicted molar refractivity (Wildman–Crippen MR) is 85.8 cm³/mol. The molecule has 0 aromatic heterocycles. The van der Waals surface area contributed by atoms with Gasteiger partial charge in [-0.2, -0.15) is 13.2 Å². The molecule has 0 saturated carbocycles. The van der Waals surface area contributed by atoms with Crippen molar-refractivity contribution in [2.24, 2.45) is 0 Å². The minimum atomic E-state index is -4.52. The van der Waals surface area contributed by atoms with E-state index in [-0.39, 0.29) is 11.1 Å². The molecule has 0 aliphatic heterocycles. The minimum absolute atomic E-state index is 0.0638. The summed E-state index contributed by atoms with van der Waals surface area (Å²) in [6.07, 6.45) is -4.52. The lowest BCUT2D eigenvalue weighted by molar-refractivity contribution is -0.137. The maximum atomic E-state index is 12.8. The summed E-state index contributed by atoms with van der Waals surface area (Å²) in [4.78, 5) is 35.1. The minimum Gasteiger partial charge on any atom is -0.343 e. The smallest absolute Gasteiger partial charge is 0.343 e. The van der Waals surface area contributed by atoms with Crippen molar-refractivity contribution in [1.29, 1.82) is 0 Å². The van der Waals surface area contributed by atoms with Gasteiger partial charge in [0, 0.05) is 11.1 Å². The Kier molecular flexibility index (Phi) is 6.11. The molecule has 2 aromatic rings. The van der Waals surface area contributed by atoms with Gasteiger partial charge < -0.3 is 5.32 Å². The third-order valence-electron chi connectivity index (χ3n) is 3.31. The molecule has 6 nitrogen and oxygen atoms in total. The number of halogens is 4. The van der Waals surface area contributed by atoms with Crippen LogP contribution in [0.25, 0.3) is 0 Å². The number of carbonyl (C=O) groups is 3. The van der Waals surface area contributed by atoms with Crippen LogP contribution in [0.4, 0.5) is 17.6 Å². The van der Waals surface area contributed by atoms with Gasteiger partial charge in [-0.15, -0.1) is 0 Å². The van der Waals surface area contributed by atoms with Crippen LogP contribution in [0.3, 0.4) is 0 Å². The molecule has 0 aliphatic rings. The van der Waals surface area contributed by atoms with Gasteiger partial charge in [0.1, 0.15) is 5.82 Å². The van der Waals surface area contributed by atoms with Gasteiger partial charge in [-0.05, 0) is 48.5 Å². The lowest BCUT2D eigenvalue weighted by Gasteiger charge is -2.09. The Bertz CT molecular complexity index is 834. The van der Waals surface area contributed by atoms with Crippen LogP contribution in [0.1, 0.15) is 26.3 Å². The predicted octanol–water partition coefficient (Wildman–Crippen LogP) is 2.04. The summed E-state index contributed by atoms with van der Waals surface area (Å²) in [5.74, 6) is -2.76. The van der Waals surface area contributed by atoms with Crippen molar-refractivity contribution >= 4 is 17.7 Å². The summed E-state index contributed by atoms with van der Waals surface area (Å²) >= 11 is 0. The third-order valence-corrected chi connectivity index (χ3v) is 3.31. The molecule has 0 atom stereocenters. The molecule has 0 aliphatic carbocycles. The van der Waals surface area contributed by atoms with Gasteiger partial charge in [0.25, 0.3) is 17.7 Å². The van der Waals surface area contributed by atoms with Crippen molar-refractivity contribution in [1.82, 2.24) is 16.2 Å². The Morgan fingerprint density at radius 1 is 0.778 bits per heavy atom. The molecular formula is C17H13F4N3O3. The number of nitrogens with one attached hydrogen (secondary N) is 3. The Morgan fingerprint density at radius 2 is 1.30 bits per heavy atom. The number of hydrazine groups is 1. The highest BCUT2D eigenvalue weighted by molar-refractivity contribution is 5.98. The molecule has 3 amide bonds. The average Bonchev–Trinajstić information content (AvgIpc) is 2.64. The van der Waals surface area contributed by atoms with E-state index in [0.29, 0.717) is 0 Å². The zero-order valence-electron chi connectivity index (χ0n) is 13.6. The fraction of sp³-hybridized carbons (Fsp3) is 0.118. The number of carbonyl (C=O) groups excluding carboxylic acids is 3. The standard InChI is InChI=1S/C17H13F4N3O3/c18-13-7-3-11(4-8-13)16(27)24-23-14(25)9-22-15(26)10-1-5-12(6-2-10)17(19,20)21/h1-8H,9H2,(H,22,26)(H,23,25)(H,24,27). The maximum absolute atomic E-state index is 12.8. The second-order valence-electron chi connectivity index (χ2n) is 5.27. The summed E-state index contributed by atoms with van der Waals surface area (Å²) in [5.41, 5.74) is 3.24.